The SMILES string of the molecule is CCN1C(=O)C(Cc2ccncn2)c2ccccc21. The highest BCUT2D eigenvalue weighted by Gasteiger charge is 2.36. The van der Waals surface area contributed by atoms with E-state index in [4.69, 9.17) is 0 Å². The Bertz CT molecular complexity index is 597. The lowest BCUT2D eigenvalue weighted by molar-refractivity contribution is -0.119. The molecule has 0 saturated carbocycles. The van der Waals surface area contributed by atoms with Gasteiger partial charge in [-0.2, -0.15) is 0 Å². The van der Waals surface area contributed by atoms with E-state index in [1.54, 1.807) is 6.20 Å². The van der Waals surface area contributed by atoms with Crippen LogP contribution in [-0.4, -0.2) is 22.4 Å². The van der Waals surface area contributed by atoms with Crippen LogP contribution in [0.3, 0.4) is 0 Å². The highest BCUT2D eigenvalue weighted by atomic mass is 16.2. The third-order valence-corrected chi connectivity index (χ3v) is 3.54. The molecule has 0 saturated heterocycles. The molecule has 96 valence electrons. The normalized spacial score (nSPS) is 17.6. The number of para-hydroxylation sites is 1. The molecule has 1 atom stereocenters. The summed E-state index contributed by atoms with van der Waals surface area (Å²) in [5, 5.41) is 0. The molecule has 3 rings (SSSR count). The molecule has 1 aliphatic heterocycles. The second-order valence-corrected chi connectivity index (χ2v) is 4.60. The van der Waals surface area contributed by atoms with E-state index in [1.165, 1.54) is 6.33 Å². The minimum atomic E-state index is -0.119. The third-order valence-electron chi connectivity index (χ3n) is 3.54. The van der Waals surface area contributed by atoms with E-state index in [1.807, 2.05) is 42.2 Å². The van der Waals surface area contributed by atoms with Crippen molar-refractivity contribution in [3.8, 4) is 0 Å². The quantitative estimate of drug-likeness (QED) is 0.842. The second kappa shape index (κ2) is 4.80. The van der Waals surface area contributed by atoms with E-state index in [2.05, 4.69) is 9.97 Å². The Morgan fingerprint density at radius 2 is 2.11 bits per heavy atom. The predicted molar refractivity (Wildman–Crippen MR) is 72.9 cm³/mol. The van der Waals surface area contributed by atoms with Gasteiger partial charge in [0.25, 0.3) is 0 Å². The summed E-state index contributed by atoms with van der Waals surface area (Å²) >= 11 is 0. The molecule has 0 aliphatic carbocycles. The summed E-state index contributed by atoms with van der Waals surface area (Å²) in [7, 11) is 0. The molecule has 0 spiro atoms. The van der Waals surface area contributed by atoms with Crippen LogP contribution in [0.4, 0.5) is 5.69 Å². The topological polar surface area (TPSA) is 46.1 Å². The summed E-state index contributed by atoms with van der Waals surface area (Å²) in [6.07, 6.45) is 3.87. The van der Waals surface area contributed by atoms with Crippen LogP contribution in [0.2, 0.25) is 0 Å². The lowest BCUT2D eigenvalue weighted by Crippen LogP contribution is -2.29. The van der Waals surface area contributed by atoms with E-state index in [0.29, 0.717) is 13.0 Å². The van der Waals surface area contributed by atoms with Crippen LogP contribution in [0.1, 0.15) is 24.1 Å². The van der Waals surface area contributed by atoms with E-state index in [-0.39, 0.29) is 11.8 Å². The van der Waals surface area contributed by atoms with Crippen molar-refractivity contribution >= 4 is 11.6 Å². The van der Waals surface area contributed by atoms with Gasteiger partial charge in [0.05, 0.1) is 5.92 Å². The van der Waals surface area contributed by atoms with Crippen molar-refractivity contribution in [3.05, 3.63) is 54.1 Å². The molecule has 2 aromatic rings. The van der Waals surface area contributed by atoms with Crippen LogP contribution in [0.25, 0.3) is 0 Å². The van der Waals surface area contributed by atoms with Gasteiger partial charge in [0, 0.05) is 30.5 Å². The molecular weight excluding hydrogens is 238 g/mol. The van der Waals surface area contributed by atoms with Gasteiger partial charge in [0.2, 0.25) is 5.91 Å². The first-order valence-electron chi connectivity index (χ1n) is 6.46. The van der Waals surface area contributed by atoms with Crippen LogP contribution in [0, 0.1) is 0 Å². The Morgan fingerprint density at radius 1 is 1.26 bits per heavy atom. The fraction of sp³-hybridized carbons (Fsp3) is 0.267. The molecule has 4 nitrogen and oxygen atoms in total. The molecule has 1 aromatic heterocycles. The Morgan fingerprint density at radius 3 is 2.84 bits per heavy atom. The molecule has 0 bridgehead atoms. The average molecular weight is 253 g/mol. The van der Waals surface area contributed by atoms with E-state index >= 15 is 0 Å². The van der Waals surface area contributed by atoms with Gasteiger partial charge in [-0.05, 0) is 24.6 Å². The van der Waals surface area contributed by atoms with Gasteiger partial charge in [0.1, 0.15) is 6.33 Å². The largest absolute Gasteiger partial charge is 0.312 e. The smallest absolute Gasteiger partial charge is 0.234 e. The first-order valence-corrected chi connectivity index (χ1v) is 6.46. The minimum absolute atomic E-state index is 0.119. The van der Waals surface area contributed by atoms with Crippen LogP contribution in [0.5, 0.6) is 0 Å². The van der Waals surface area contributed by atoms with Gasteiger partial charge in [-0.1, -0.05) is 18.2 Å². The Labute approximate surface area is 112 Å². The van der Waals surface area contributed by atoms with Gasteiger partial charge in [-0.3, -0.25) is 4.79 Å². The number of likely N-dealkylation sites (N-methyl/N-ethyl adjacent to an activating group) is 1. The number of carbonyl (C=O) groups is 1. The zero-order valence-corrected chi connectivity index (χ0v) is 10.8. The van der Waals surface area contributed by atoms with Crippen LogP contribution in [-0.2, 0) is 11.2 Å². The molecule has 4 heteroatoms. The summed E-state index contributed by atoms with van der Waals surface area (Å²) in [6.45, 7) is 2.71. The monoisotopic (exact) mass is 253 g/mol. The van der Waals surface area contributed by atoms with Crippen molar-refractivity contribution in [2.75, 3.05) is 11.4 Å². The number of anilines is 1. The summed E-state index contributed by atoms with van der Waals surface area (Å²) in [5.41, 5.74) is 3.04. The van der Waals surface area contributed by atoms with Gasteiger partial charge < -0.3 is 4.90 Å². The highest BCUT2D eigenvalue weighted by molar-refractivity contribution is 6.05. The van der Waals surface area contributed by atoms with Crippen molar-refractivity contribution in [3.63, 3.8) is 0 Å². The predicted octanol–water partition coefficient (Wildman–Crippen LogP) is 2.17. The molecular formula is C15H15N3O. The van der Waals surface area contributed by atoms with Crippen LogP contribution in [0.15, 0.2) is 42.9 Å². The number of carbonyl (C=O) groups excluding carboxylic acids is 1. The minimum Gasteiger partial charge on any atom is -0.312 e. The first-order chi connectivity index (χ1) is 9.31. The highest BCUT2D eigenvalue weighted by Crippen LogP contribution is 2.38. The molecule has 1 aliphatic rings. The molecule has 1 unspecified atom stereocenters. The summed E-state index contributed by atoms with van der Waals surface area (Å²) in [6, 6.07) is 9.87. The maximum atomic E-state index is 12.5. The van der Waals surface area contributed by atoms with Crippen molar-refractivity contribution in [2.45, 2.75) is 19.3 Å². The van der Waals surface area contributed by atoms with Crippen molar-refractivity contribution < 1.29 is 4.79 Å². The number of aromatic nitrogens is 2. The van der Waals surface area contributed by atoms with Gasteiger partial charge >= 0.3 is 0 Å². The van der Waals surface area contributed by atoms with Crippen molar-refractivity contribution in [1.29, 1.82) is 0 Å². The molecule has 19 heavy (non-hydrogen) atoms. The van der Waals surface area contributed by atoms with Crippen molar-refractivity contribution in [2.24, 2.45) is 0 Å². The molecule has 2 heterocycles. The lowest BCUT2D eigenvalue weighted by atomic mass is 9.96. The number of benzene rings is 1. The van der Waals surface area contributed by atoms with Gasteiger partial charge in [-0.15, -0.1) is 0 Å². The number of hydrogen-bond donors (Lipinski definition) is 0. The van der Waals surface area contributed by atoms with Crippen LogP contribution < -0.4 is 4.90 Å². The fourth-order valence-corrected chi connectivity index (χ4v) is 2.64. The molecule has 0 N–H and O–H groups in total. The Balaban J connectivity index is 1.96. The maximum absolute atomic E-state index is 12.5. The van der Waals surface area contributed by atoms with Crippen LogP contribution >= 0.6 is 0 Å². The van der Waals surface area contributed by atoms with E-state index in [9.17, 15) is 4.79 Å². The zero-order valence-electron chi connectivity index (χ0n) is 10.8. The number of rotatable bonds is 3. The number of amides is 1. The molecule has 1 aromatic carbocycles. The van der Waals surface area contributed by atoms with E-state index < -0.39 is 0 Å². The third kappa shape index (κ3) is 1.99. The number of hydrogen-bond acceptors (Lipinski definition) is 3. The average Bonchev–Trinajstić information content (AvgIpc) is 2.73. The Kier molecular flexibility index (Phi) is 2.99. The standard InChI is InChI=1S/C15H15N3O/c1-2-18-14-6-4-3-5-12(14)13(15(18)19)9-11-7-8-16-10-17-11/h3-8,10,13H,2,9H2,1H3. The number of nitrogens with zero attached hydrogens (tertiary/aromatic N) is 3. The van der Waals surface area contributed by atoms with Gasteiger partial charge in [-0.25, -0.2) is 9.97 Å². The fourth-order valence-electron chi connectivity index (χ4n) is 2.64. The maximum Gasteiger partial charge on any atom is 0.234 e. The summed E-state index contributed by atoms with van der Waals surface area (Å²) in [4.78, 5) is 22.5. The van der Waals surface area contributed by atoms with E-state index in [0.717, 1.165) is 16.9 Å². The zero-order chi connectivity index (χ0) is 13.2. The molecule has 1 amide bonds. The second-order valence-electron chi connectivity index (χ2n) is 4.60. The first kappa shape index (κ1) is 11.8. The summed E-state index contributed by atoms with van der Waals surface area (Å²) < 4.78 is 0. The molecule has 0 fully saturated rings. The molecule has 0 radical (unpaired) electrons. The number of fused-ring (bicyclic) bond motifs is 1. The van der Waals surface area contributed by atoms with Gasteiger partial charge in [0.15, 0.2) is 0 Å². The lowest BCUT2D eigenvalue weighted by Gasteiger charge is -2.15. The Hall–Kier alpha value is -2.23. The summed E-state index contributed by atoms with van der Waals surface area (Å²) in [5.74, 6) is 0.0494. The van der Waals surface area contributed by atoms with Crippen molar-refractivity contribution in [1.82, 2.24) is 9.97 Å².